The van der Waals surface area contributed by atoms with Gasteiger partial charge in [0.05, 0.1) is 6.10 Å². The molecule has 1 saturated heterocycles. The molecule has 0 spiro atoms. The van der Waals surface area contributed by atoms with Crippen molar-refractivity contribution in [3.05, 3.63) is 0 Å². The van der Waals surface area contributed by atoms with Gasteiger partial charge in [-0.3, -0.25) is 9.63 Å². The number of carbonyl (C=O) groups excluding carboxylic acids is 1. The van der Waals surface area contributed by atoms with Crippen LogP contribution < -0.4 is 5.48 Å². The topological polar surface area (TPSA) is 38.3 Å². The summed E-state index contributed by atoms with van der Waals surface area (Å²) in [4.78, 5) is 16.9. The Labute approximate surface area is 88.9 Å². The molecule has 1 atom stereocenters. The van der Waals surface area contributed by atoms with Gasteiger partial charge in [0.1, 0.15) is 0 Å². The zero-order valence-corrected chi connectivity index (χ0v) is 9.15. The van der Waals surface area contributed by atoms with Crippen LogP contribution in [-0.4, -0.2) is 23.5 Å². The number of hydrogen-bond acceptors (Lipinski definition) is 3. The summed E-state index contributed by atoms with van der Waals surface area (Å²) in [5, 5.41) is 0. The van der Waals surface area contributed by atoms with E-state index in [0.717, 1.165) is 30.8 Å². The third-order valence-corrected chi connectivity index (χ3v) is 4.09. The SMILES string of the molecule is O=C(NOC1CCCC1)C1CCSC1. The quantitative estimate of drug-likeness (QED) is 0.729. The van der Waals surface area contributed by atoms with Gasteiger partial charge in [0.2, 0.25) is 5.91 Å². The molecular weight excluding hydrogens is 198 g/mol. The van der Waals surface area contributed by atoms with Crippen LogP contribution in [0.5, 0.6) is 0 Å². The molecule has 80 valence electrons. The van der Waals surface area contributed by atoms with Crippen LogP contribution in [-0.2, 0) is 9.63 Å². The Hall–Kier alpha value is -0.220. The standard InChI is InChI=1S/C10H17NO2S/c12-10(8-5-6-14-7-8)11-13-9-3-1-2-4-9/h8-9H,1-7H2,(H,11,12). The van der Waals surface area contributed by atoms with Crippen molar-refractivity contribution < 1.29 is 9.63 Å². The van der Waals surface area contributed by atoms with E-state index in [0.29, 0.717) is 0 Å². The molecule has 1 aliphatic heterocycles. The minimum absolute atomic E-state index is 0.0851. The van der Waals surface area contributed by atoms with Crippen molar-refractivity contribution in [3.8, 4) is 0 Å². The van der Waals surface area contributed by atoms with Crippen molar-refractivity contribution in [1.82, 2.24) is 5.48 Å². The first-order valence-corrected chi connectivity index (χ1v) is 6.55. The molecule has 2 aliphatic rings. The summed E-state index contributed by atoms with van der Waals surface area (Å²) in [6, 6.07) is 0. The van der Waals surface area contributed by atoms with E-state index in [2.05, 4.69) is 5.48 Å². The summed E-state index contributed by atoms with van der Waals surface area (Å²) >= 11 is 1.85. The molecule has 0 bridgehead atoms. The Morgan fingerprint density at radius 1 is 1.29 bits per heavy atom. The maximum absolute atomic E-state index is 11.6. The number of carbonyl (C=O) groups is 1. The summed E-state index contributed by atoms with van der Waals surface area (Å²) in [6.07, 6.45) is 5.94. The first-order valence-electron chi connectivity index (χ1n) is 5.39. The molecule has 1 saturated carbocycles. The average molecular weight is 215 g/mol. The number of rotatable bonds is 3. The fourth-order valence-corrected chi connectivity index (χ4v) is 3.19. The summed E-state index contributed by atoms with van der Waals surface area (Å²) in [7, 11) is 0. The third-order valence-electron chi connectivity index (χ3n) is 2.93. The smallest absolute Gasteiger partial charge is 0.247 e. The second kappa shape index (κ2) is 5.03. The molecule has 0 aromatic heterocycles. The third kappa shape index (κ3) is 2.64. The zero-order valence-electron chi connectivity index (χ0n) is 8.33. The number of thioether (sulfide) groups is 1. The molecule has 2 fully saturated rings. The molecular formula is C10H17NO2S. The predicted octanol–water partition coefficient (Wildman–Crippen LogP) is 1.73. The highest BCUT2D eigenvalue weighted by Gasteiger charge is 2.24. The molecule has 14 heavy (non-hydrogen) atoms. The second-order valence-corrected chi connectivity index (χ2v) is 5.20. The van der Waals surface area contributed by atoms with Crippen molar-refractivity contribution in [2.45, 2.75) is 38.2 Å². The van der Waals surface area contributed by atoms with Gasteiger partial charge < -0.3 is 0 Å². The minimum atomic E-state index is 0.0851. The molecule has 0 radical (unpaired) electrons. The second-order valence-electron chi connectivity index (χ2n) is 4.05. The Kier molecular flexibility index (Phi) is 3.70. The van der Waals surface area contributed by atoms with Gasteiger partial charge in [0.15, 0.2) is 0 Å². The van der Waals surface area contributed by atoms with Gasteiger partial charge in [-0.15, -0.1) is 0 Å². The molecule has 2 rings (SSSR count). The first-order chi connectivity index (χ1) is 6.86. The van der Waals surface area contributed by atoms with E-state index in [1.807, 2.05) is 11.8 Å². The van der Waals surface area contributed by atoms with Crippen LogP contribution in [0.25, 0.3) is 0 Å². The van der Waals surface area contributed by atoms with Crippen LogP contribution in [0.15, 0.2) is 0 Å². The van der Waals surface area contributed by atoms with Crippen LogP contribution in [0.3, 0.4) is 0 Å². The summed E-state index contributed by atoms with van der Waals surface area (Å²) in [5.41, 5.74) is 2.61. The monoisotopic (exact) mass is 215 g/mol. The van der Waals surface area contributed by atoms with Crippen LogP contribution >= 0.6 is 11.8 Å². The van der Waals surface area contributed by atoms with Crippen molar-refractivity contribution >= 4 is 17.7 Å². The molecule has 1 heterocycles. The van der Waals surface area contributed by atoms with Gasteiger partial charge in [0, 0.05) is 11.7 Å². The lowest BCUT2D eigenvalue weighted by Crippen LogP contribution is -2.33. The molecule has 1 aliphatic carbocycles. The largest absolute Gasteiger partial charge is 0.272 e. The van der Waals surface area contributed by atoms with Crippen molar-refractivity contribution in [1.29, 1.82) is 0 Å². The number of nitrogens with one attached hydrogen (secondary N) is 1. The van der Waals surface area contributed by atoms with E-state index < -0.39 is 0 Å². The predicted molar refractivity (Wildman–Crippen MR) is 56.9 cm³/mol. The molecule has 4 heteroatoms. The van der Waals surface area contributed by atoms with E-state index in [-0.39, 0.29) is 17.9 Å². The van der Waals surface area contributed by atoms with Gasteiger partial charge in [-0.2, -0.15) is 11.8 Å². The van der Waals surface area contributed by atoms with E-state index >= 15 is 0 Å². The zero-order chi connectivity index (χ0) is 9.80. The fourth-order valence-electron chi connectivity index (χ4n) is 1.97. The molecule has 0 aromatic carbocycles. The van der Waals surface area contributed by atoms with E-state index in [1.54, 1.807) is 0 Å². The lowest BCUT2D eigenvalue weighted by Gasteiger charge is -2.13. The summed E-state index contributed by atoms with van der Waals surface area (Å²) in [6.45, 7) is 0. The van der Waals surface area contributed by atoms with Gasteiger partial charge in [-0.05, 0) is 25.0 Å². The van der Waals surface area contributed by atoms with E-state index in [4.69, 9.17) is 4.84 Å². The summed E-state index contributed by atoms with van der Waals surface area (Å²) in [5.74, 6) is 2.34. The summed E-state index contributed by atoms with van der Waals surface area (Å²) < 4.78 is 0. The molecule has 1 amide bonds. The van der Waals surface area contributed by atoms with Crippen molar-refractivity contribution in [2.24, 2.45) is 5.92 Å². The minimum Gasteiger partial charge on any atom is -0.272 e. The lowest BCUT2D eigenvalue weighted by molar-refractivity contribution is -0.141. The van der Waals surface area contributed by atoms with Gasteiger partial charge in [0.25, 0.3) is 0 Å². The van der Waals surface area contributed by atoms with Gasteiger partial charge in [-0.1, -0.05) is 12.8 Å². The van der Waals surface area contributed by atoms with E-state index in [9.17, 15) is 4.79 Å². The van der Waals surface area contributed by atoms with Gasteiger partial charge in [-0.25, -0.2) is 5.48 Å². The van der Waals surface area contributed by atoms with Crippen LogP contribution in [0.1, 0.15) is 32.1 Å². The Morgan fingerprint density at radius 2 is 2.07 bits per heavy atom. The maximum Gasteiger partial charge on any atom is 0.247 e. The average Bonchev–Trinajstić information content (AvgIpc) is 2.87. The lowest BCUT2D eigenvalue weighted by atomic mass is 10.1. The first kappa shape index (κ1) is 10.3. The van der Waals surface area contributed by atoms with Crippen molar-refractivity contribution in [2.75, 3.05) is 11.5 Å². The Balaban J connectivity index is 1.66. The fraction of sp³-hybridized carbons (Fsp3) is 0.900. The van der Waals surface area contributed by atoms with Crippen LogP contribution in [0.2, 0.25) is 0 Å². The highest BCUT2D eigenvalue weighted by Crippen LogP contribution is 2.24. The molecule has 0 aromatic rings. The highest BCUT2D eigenvalue weighted by atomic mass is 32.2. The van der Waals surface area contributed by atoms with Crippen LogP contribution in [0.4, 0.5) is 0 Å². The Bertz CT molecular complexity index is 198. The normalized spacial score (nSPS) is 28.1. The molecule has 1 unspecified atom stereocenters. The highest BCUT2D eigenvalue weighted by molar-refractivity contribution is 7.99. The number of hydrogen-bond donors (Lipinski definition) is 1. The Morgan fingerprint density at radius 3 is 2.71 bits per heavy atom. The van der Waals surface area contributed by atoms with Crippen molar-refractivity contribution in [3.63, 3.8) is 0 Å². The van der Waals surface area contributed by atoms with E-state index in [1.165, 1.54) is 12.8 Å². The van der Waals surface area contributed by atoms with Crippen LogP contribution in [0, 0.1) is 5.92 Å². The maximum atomic E-state index is 11.6. The van der Waals surface area contributed by atoms with Gasteiger partial charge >= 0.3 is 0 Å². The molecule has 1 N–H and O–H groups in total. The number of amides is 1. The number of hydroxylamine groups is 1. The molecule has 3 nitrogen and oxygen atoms in total.